The minimum absolute atomic E-state index is 0.662. The van der Waals surface area contributed by atoms with Gasteiger partial charge in [-0.05, 0) is 19.1 Å². The molecule has 0 atom stereocenters. The van der Waals surface area contributed by atoms with Crippen LogP contribution in [-0.2, 0) is 4.39 Å². The first-order chi connectivity index (χ1) is 6.83. The number of benzene rings is 1. The Bertz CT molecular complexity index is 324. The Hall–Kier alpha value is -1.55. The summed E-state index contributed by atoms with van der Waals surface area (Å²) in [4.78, 5) is 0. The number of anilines is 1. The zero-order valence-electron chi connectivity index (χ0n) is 7.64. The van der Waals surface area contributed by atoms with Gasteiger partial charge in [0.25, 0.3) is 0 Å². The van der Waals surface area contributed by atoms with Gasteiger partial charge in [-0.2, -0.15) is 5.10 Å². The average molecular weight is 212 g/mol. The number of nitrogens with zero attached hydrogens (tertiary/aromatic N) is 2. The minimum atomic E-state index is 0.662. The first kappa shape index (κ1) is 10.5. The predicted molar refractivity (Wildman–Crippen MR) is 58.6 cm³/mol. The SMILES string of the molecule is CC(/C=N/OCl)=N\Nc1ccccc1. The molecule has 0 saturated carbocycles. The summed E-state index contributed by atoms with van der Waals surface area (Å²) in [5.74, 6) is 0. The molecule has 0 aliphatic carbocycles. The Kier molecular flexibility index (Phi) is 4.50. The molecular weight excluding hydrogens is 202 g/mol. The molecule has 0 fully saturated rings. The van der Waals surface area contributed by atoms with Gasteiger partial charge in [-0.15, -0.1) is 0 Å². The zero-order chi connectivity index (χ0) is 10.2. The smallest absolute Gasteiger partial charge is 0.167 e. The molecule has 0 aliphatic heterocycles. The van der Waals surface area contributed by atoms with Crippen molar-refractivity contribution in [3.8, 4) is 0 Å². The first-order valence-electron chi connectivity index (χ1n) is 3.99. The maximum absolute atomic E-state index is 4.89. The van der Waals surface area contributed by atoms with E-state index in [9.17, 15) is 0 Å². The molecule has 0 aromatic heterocycles. The van der Waals surface area contributed by atoms with E-state index >= 15 is 0 Å². The van der Waals surface area contributed by atoms with Crippen LogP contribution >= 0.6 is 11.9 Å². The van der Waals surface area contributed by atoms with E-state index in [2.05, 4.69) is 20.1 Å². The Morgan fingerprint density at radius 2 is 2.14 bits per heavy atom. The van der Waals surface area contributed by atoms with Crippen LogP contribution in [0.2, 0.25) is 0 Å². The third-order valence-electron chi connectivity index (χ3n) is 1.41. The lowest BCUT2D eigenvalue weighted by Crippen LogP contribution is -1.98. The van der Waals surface area contributed by atoms with Crippen LogP contribution in [0.25, 0.3) is 0 Å². The van der Waals surface area contributed by atoms with Crippen molar-refractivity contribution in [1.29, 1.82) is 0 Å². The van der Waals surface area contributed by atoms with Crippen LogP contribution in [0.4, 0.5) is 5.69 Å². The predicted octanol–water partition coefficient (Wildman–Crippen LogP) is 2.63. The van der Waals surface area contributed by atoms with E-state index in [-0.39, 0.29) is 0 Å². The van der Waals surface area contributed by atoms with Gasteiger partial charge in [-0.3, -0.25) is 9.82 Å². The van der Waals surface area contributed by atoms with Crippen LogP contribution in [-0.4, -0.2) is 11.9 Å². The summed E-state index contributed by atoms with van der Waals surface area (Å²) >= 11 is 4.89. The van der Waals surface area contributed by atoms with Crippen molar-refractivity contribution in [2.75, 3.05) is 5.43 Å². The van der Waals surface area contributed by atoms with Gasteiger partial charge in [0, 0.05) is 0 Å². The van der Waals surface area contributed by atoms with E-state index < -0.39 is 0 Å². The molecule has 0 amide bonds. The number of hydrogen-bond acceptors (Lipinski definition) is 4. The maximum atomic E-state index is 4.89. The monoisotopic (exact) mass is 211 g/mol. The normalized spacial score (nSPS) is 11.7. The van der Waals surface area contributed by atoms with Crippen LogP contribution in [0.3, 0.4) is 0 Å². The molecule has 5 heteroatoms. The number of para-hydroxylation sites is 1. The molecule has 0 aliphatic rings. The molecule has 1 aromatic rings. The lowest BCUT2D eigenvalue weighted by molar-refractivity contribution is 0.384. The molecule has 1 N–H and O–H groups in total. The van der Waals surface area contributed by atoms with Gasteiger partial charge in [0.2, 0.25) is 0 Å². The standard InChI is InChI=1S/C9H10ClN3O/c1-8(7-11-14-10)12-13-9-5-3-2-4-6-9/h2-7,13H,1H3/b11-7+,12-8+. The summed E-state index contributed by atoms with van der Waals surface area (Å²) in [5, 5.41) is 7.36. The summed E-state index contributed by atoms with van der Waals surface area (Å²) in [5.41, 5.74) is 4.42. The van der Waals surface area contributed by atoms with Crippen LogP contribution in [0.15, 0.2) is 40.6 Å². The maximum Gasteiger partial charge on any atom is 0.167 e. The minimum Gasteiger partial charge on any atom is -0.278 e. The molecule has 4 nitrogen and oxygen atoms in total. The topological polar surface area (TPSA) is 46.0 Å². The number of halogens is 1. The highest BCUT2D eigenvalue weighted by atomic mass is 35.5. The van der Waals surface area contributed by atoms with Gasteiger partial charge < -0.3 is 0 Å². The third kappa shape index (κ3) is 3.91. The number of hydrazone groups is 1. The summed E-state index contributed by atoms with van der Waals surface area (Å²) in [6.45, 7) is 1.77. The Labute approximate surface area is 87.4 Å². The fraction of sp³-hybridized carbons (Fsp3) is 0.111. The van der Waals surface area contributed by atoms with E-state index in [0.29, 0.717) is 5.71 Å². The van der Waals surface area contributed by atoms with Crippen molar-refractivity contribution >= 4 is 29.5 Å². The Balaban J connectivity index is 2.51. The van der Waals surface area contributed by atoms with E-state index in [4.69, 9.17) is 11.9 Å². The summed E-state index contributed by atoms with van der Waals surface area (Å²) < 4.78 is 4.00. The van der Waals surface area contributed by atoms with Crippen molar-refractivity contribution < 1.29 is 4.39 Å². The molecule has 0 heterocycles. The number of nitrogens with one attached hydrogen (secondary N) is 1. The molecule has 74 valence electrons. The van der Waals surface area contributed by atoms with Gasteiger partial charge in [-0.1, -0.05) is 23.4 Å². The lowest BCUT2D eigenvalue weighted by Gasteiger charge is -1.98. The van der Waals surface area contributed by atoms with Gasteiger partial charge in [0.05, 0.1) is 17.6 Å². The van der Waals surface area contributed by atoms with Gasteiger partial charge in [-0.25, -0.2) is 0 Å². The van der Waals surface area contributed by atoms with E-state index in [1.54, 1.807) is 6.92 Å². The van der Waals surface area contributed by atoms with Crippen LogP contribution in [0.5, 0.6) is 0 Å². The van der Waals surface area contributed by atoms with Crippen molar-refractivity contribution in [2.24, 2.45) is 10.3 Å². The highest BCUT2D eigenvalue weighted by molar-refractivity contribution is 6.29. The van der Waals surface area contributed by atoms with E-state index in [0.717, 1.165) is 5.69 Å². The van der Waals surface area contributed by atoms with E-state index in [1.165, 1.54) is 6.21 Å². The van der Waals surface area contributed by atoms with Crippen molar-refractivity contribution in [3.05, 3.63) is 30.3 Å². The molecule has 0 radical (unpaired) electrons. The second kappa shape index (κ2) is 5.99. The van der Waals surface area contributed by atoms with Gasteiger partial charge >= 0.3 is 0 Å². The van der Waals surface area contributed by atoms with Crippen LogP contribution in [0.1, 0.15) is 6.92 Å². The first-order valence-corrected chi connectivity index (χ1v) is 4.30. The molecule has 0 bridgehead atoms. The van der Waals surface area contributed by atoms with Crippen LogP contribution < -0.4 is 5.43 Å². The highest BCUT2D eigenvalue weighted by Gasteiger charge is 1.87. The van der Waals surface area contributed by atoms with Crippen molar-refractivity contribution in [1.82, 2.24) is 0 Å². The lowest BCUT2D eigenvalue weighted by atomic mass is 10.3. The quantitative estimate of drug-likeness (QED) is 0.615. The Morgan fingerprint density at radius 3 is 2.79 bits per heavy atom. The van der Waals surface area contributed by atoms with Crippen molar-refractivity contribution in [3.63, 3.8) is 0 Å². The number of oxime groups is 1. The zero-order valence-corrected chi connectivity index (χ0v) is 8.40. The van der Waals surface area contributed by atoms with E-state index in [1.807, 2.05) is 30.3 Å². The summed E-state index contributed by atoms with van der Waals surface area (Å²) in [7, 11) is 0. The molecule has 0 spiro atoms. The van der Waals surface area contributed by atoms with Crippen molar-refractivity contribution in [2.45, 2.75) is 6.92 Å². The fourth-order valence-electron chi connectivity index (χ4n) is 0.790. The number of hydrogen-bond donors (Lipinski definition) is 1. The number of rotatable bonds is 4. The fourth-order valence-corrected chi connectivity index (χ4v) is 0.830. The van der Waals surface area contributed by atoms with Crippen LogP contribution in [0, 0.1) is 0 Å². The highest BCUT2D eigenvalue weighted by Crippen LogP contribution is 2.04. The summed E-state index contributed by atoms with van der Waals surface area (Å²) in [6.07, 6.45) is 1.41. The molecule has 1 rings (SSSR count). The Morgan fingerprint density at radius 1 is 1.43 bits per heavy atom. The molecule has 0 saturated heterocycles. The average Bonchev–Trinajstić information content (AvgIpc) is 2.25. The summed E-state index contributed by atoms with van der Waals surface area (Å²) in [6, 6.07) is 9.59. The van der Waals surface area contributed by atoms with Gasteiger partial charge in [0.1, 0.15) is 0 Å². The second-order valence-corrected chi connectivity index (χ2v) is 2.67. The molecule has 14 heavy (non-hydrogen) atoms. The second-order valence-electron chi connectivity index (χ2n) is 2.53. The van der Waals surface area contributed by atoms with Gasteiger partial charge in [0.15, 0.2) is 11.9 Å². The third-order valence-corrected chi connectivity index (χ3v) is 1.49. The molecule has 1 aromatic carbocycles. The molecular formula is C9H10ClN3O. The molecule has 0 unspecified atom stereocenters. The largest absolute Gasteiger partial charge is 0.278 e.